The van der Waals surface area contributed by atoms with Crippen molar-refractivity contribution in [2.45, 2.75) is 25.1 Å². The minimum Gasteiger partial charge on any atom is -0.360 e. The van der Waals surface area contributed by atoms with Crippen LogP contribution in [0.2, 0.25) is 0 Å². The molecule has 2 aromatic heterocycles. The molecule has 1 aliphatic rings. The van der Waals surface area contributed by atoms with Gasteiger partial charge >= 0.3 is 0 Å². The number of aromatic amines is 1. The monoisotopic (exact) mass is 380 g/mol. The van der Waals surface area contributed by atoms with Gasteiger partial charge in [0.05, 0.1) is 12.1 Å². The Labute approximate surface area is 161 Å². The molecule has 144 valence electrons. The number of alkyl halides is 1. The number of para-hydroxylation sites is 1. The summed E-state index contributed by atoms with van der Waals surface area (Å²) in [6.45, 7) is 0.388. The van der Waals surface area contributed by atoms with Crippen LogP contribution in [0.4, 0.5) is 4.39 Å². The molecule has 1 unspecified atom stereocenters. The van der Waals surface area contributed by atoms with Gasteiger partial charge in [0.15, 0.2) is 0 Å². The second-order valence-electron chi connectivity index (χ2n) is 7.09. The summed E-state index contributed by atoms with van der Waals surface area (Å²) in [6.07, 6.45) is 5.44. The highest BCUT2D eigenvalue weighted by Crippen LogP contribution is 2.28. The third-order valence-corrected chi connectivity index (χ3v) is 5.13. The SMILES string of the molecule is O=C(c1c[nH]c2ccccc12)N1CCCC(F)(C(=O)NCc2cccnc2)C1. The molecule has 3 heterocycles. The first kappa shape index (κ1) is 18.2. The summed E-state index contributed by atoms with van der Waals surface area (Å²) >= 11 is 0. The largest absolute Gasteiger partial charge is 0.360 e. The number of halogens is 1. The Morgan fingerprint density at radius 2 is 2.11 bits per heavy atom. The standard InChI is InChI=1S/C21H21FN4O2/c22-21(20(28)25-12-15-5-3-9-23-11-15)8-4-10-26(14-21)19(27)17-13-24-18-7-2-1-6-16(17)18/h1-3,5-7,9,11,13,24H,4,8,10,12,14H2,(H,25,28). The van der Waals surface area contributed by atoms with Gasteiger partial charge in [0.2, 0.25) is 5.67 Å². The van der Waals surface area contributed by atoms with E-state index in [0.717, 1.165) is 16.5 Å². The van der Waals surface area contributed by atoms with Gasteiger partial charge < -0.3 is 15.2 Å². The average Bonchev–Trinajstić information content (AvgIpc) is 3.16. The average molecular weight is 380 g/mol. The summed E-state index contributed by atoms with van der Waals surface area (Å²) in [7, 11) is 0. The number of amides is 2. The van der Waals surface area contributed by atoms with Gasteiger partial charge in [0.1, 0.15) is 0 Å². The number of hydrogen-bond acceptors (Lipinski definition) is 3. The molecule has 2 amide bonds. The Kier molecular flexibility index (Phi) is 4.81. The first-order chi connectivity index (χ1) is 13.6. The van der Waals surface area contributed by atoms with Crippen molar-refractivity contribution in [3.8, 4) is 0 Å². The number of nitrogens with zero attached hydrogens (tertiary/aromatic N) is 2. The number of piperidine rings is 1. The van der Waals surface area contributed by atoms with Gasteiger partial charge in [-0.2, -0.15) is 0 Å². The zero-order valence-corrected chi connectivity index (χ0v) is 15.3. The smallest absolute Gasteiger partial charge is 0.259 e. The van der Waals surface area contributed by atoms with E-state index in [1.807, 2.05) is 30.3 Å². The molecule has 0 saturated carbocycles. The van der Waals surface area contributed by atoms with Crippen LogP contribution in [0, 0.1) is 0 Å². The molecule has 1 aliphatic heterocycles. The third kappa shape index (κ3) is 3.47. The lowest BCUT2D eigenvalue weighted by Crippen LogP contribution is -2.55. The van der Waals surface area contributed by atoms with Crippen LogP contribution in [-0.2, 0) is 11.3 Å². The summed E-state index contributed by atoms with van der Waals surface area (Å²) in [5.74, 6) is -0.952. The number of likely N-dealkylation sites (tertiary alicyclic amines) is 1. The van der Waals surface area contributed by atoms with Crippen LogP contribution < -0.4 is 5.32 Å². The highest BCUT2D eigenvalue weighted by Gasteiger charge is 2.44. The normalized spacial score (nSPS) is 19.5. The van der Waals surface area contributed by atoms with E-state index in [2.05, 4.69) is 15.3 Å². The predicted molar refractivity (Wildman–Crippen MR) is 103 cm³/mol. The highest BCUT2D eigenvalue weighted by molar-refractivity contribution is 6.07. The Morgan fingerprint density at radius 3 is 2.93 bits per heavy atom. The van der Waals surface area contributed by atoms with E-state index in [1.165, 1.54) is 4.90 Å². The van der Waals surface area contributed by atoms with Crippen molar-refractivity contribution in [3.63, 3.8) is 0 Å². The van der Waals surface area contributed by atoms with Gasteiger partial charge in [0.25, 0.3) is 11.8 Å². The fraction of sp³-hybridized carbons (Fsp3) is 0.286. The number of rotatable bonds is 4. The van der Waals surface area contributed by atoms with Crippen LogP contribution in [0.15, 0.2) is 55.0 Å². The van der Waals surface area contributed by atoms with Crippen molar-refractivity contribution in [2.75, 3.05) is 13.1 Å². The molecule has 7 heteroatoms. The fourth-order valence-corrected chi connectivity index (χ4v) is 3.63. The van der Waals surface area contributed by atoms with E-state index in [1.54, 1.807) is 24.7 Å². The molecule has 2 N–H and O–H groups in total. The number of aromatic nitrogens is 2. The fourth-order valence-electron chi connectivity index (χ4n) is 3.63. The topological polar surface area (TPSA) is 78.1 Å². The zero-order valence-electron chi connectivity index (χ0n) is 15.3. The van der Waals surface area contributed by atoms with Gasteiger partial charge in [-0.25, -0.2) is 4.39 Å². The Bertz CT molecular complexity index is 1000. The van der Waals surface area contributed by atoms with Gasteiger partial charge in [-0.1, -0.05) is 24.3 Å². The Balaban J connectivity index is 1.47. The molecule has 4 rings (SSSR count). The number of hydrogen-bond donors (Lipinski definition) is 2. The number of fused-ring (bicyclic) bond motifs is 1. The second-order valence-corrected chi connectivity index (χ2v) is 7.09. The molecule has 0 bridgehead atoms. The van der Waals surface area contributed by atoms with Crippen molar-refractivity contribution >= 4 is 22.7 Å². The Morgan fingerprint density at radius 1 is 1.25 bits per heavy atom. The molecule has 0 radical (unpaired) electrons. The van der Waals surface area contributed by atoms with Crippen molar-refractivity contribution in [1.29, 1.82) is 0 Å². The molecule has 28 heavy (non-hydrogen) atoms. The molecule has 1 aromatic carbocycles. The molecule has 0 spiro atoms. The molecule has 3 aromatic rings. The van der Waals surface area contributed by atoms with Crippen LogP contribution in [0.3, 0.4) is 0 Å². The number of benzene rings is 1. The number of pyridine rings is 1. The number of H-pyrrole nitrogens is 1. The lowest BCUT2D eigenvalue weighted by molar-refractivity contribution is -0.136. The molecular weight excluding hydrogens is 359 g/mol. The highest BCUT2D eigenvalue weighted by atomic mass is 19.1. The van der Waals surface area contributed by atoms with E-state index >= 15 is 4.39 Å². The van der Waals surface area contributed by atoms with Crippen molar-refractivity contribution in [2.24, 2.45) is 0 Å². The molecule has 0 aliphatic carbocycles. The maximum Gasteiger partial charge on any atom is 0.259 e. The zero-order chi connectivity index (χ0) is 19.6. The van der Waals surface area contributed by atoms with Crippen molar-refractivity contribution in [1.82, 2.24) is 20.2 Å². The number of carbonyl (C=O) groups is 2. The minimum absolute atomic E-state index is 0.101. The molecular formula is C21H21FN4O2. The lowest BCUT2D eigenvalue weighted by Gasteiger charge is -2.36. The van der Waals surface area contributed by atoms with Gasteiger partial charge in [-0.05, 0) is 30.5 Å². The quantitative estimate of drug-likeness (QED) is 0.731. The van der Waals surface area contributed by atoms with Gasteiger partial charge in [-0.15, -0.1) is 0 Å². The van der Waals surface area contributed by atoms with E-state index in [9.17, 15) is 9.59 Å². The van der Waals surface area contributed by atoms with Crippen LogP contribution in [0.5, 0.6) is 0 Å². The van der Waals surface area contributed by atoms with Crippen LogP contribution in [0.1, 0.15) is 28.8 Å². The first-order valence-electron chi connectivity index (χ1n) is 9.28. The summed E-state index contributed by atoms with van der Waals surface area (Å²) < 4.78 is 15.4. The summed E-state index contributed by atoms with van der Waals surface area (Å²) in [6, 6.07) is 11.0. The molecule has 1 fully saturated rings. The van der Waals surface area contributed by atoms with E-state index in [0.29, 0.717) is 18.5 Å². The Hall–Kier alpha value is -3.22. The van der Waals surface area contributed by atoms with E-state index < -0.39 is 11.6 Å². The summed E-state index contributed by atoms with van der Waals surface area (Å²) in [5, 5.41) is 3.43. The summed E-state index contributed by atoms with van der Waals surface area (Å²) in [5.41, 5.74) is 0.0450. The summed E-state index contributed by atoms with van der Waals surface area (Å²) in [4.78, 5) is 34.0. The van der Waals surface area contributed by atoms with Crippen molar-refractivity contribution in [3.05, 3.63) is 66.1 Å². The predicted octanol–water partition coefficient (Wildman–Crippen LogP) is 2.82. The molecule has 6 nitrogen and oxygen atoms in total. The second kappa shape index (κ2) is 7.42. The van der Waals surface area contributed by atoms with Crippen LogP contribution in [0.25, 0.3) is 10.9 Å². The first-order valence-corrected chi connectivity index (χ1v) is 9.28. The number of carbonyl (C=O) groups excluding carboxylic acids is 2. The third-order valence-electron chi connectivity index (χ3n) is 5.13. The lowest BCUT2D eigenvalue weighted by atomic mass is 9.93. The maximum atomic E-state index is 15.4. The maximum absolute atomic E-state index is 15.4. The molecule has 1 saturated heterocycles. The van der Waals surface area contributed by atoms with Crippen LogP contribution >= 0.6 is 0 Å². The molecule has 1 atom stereocenters. The minimum atomic E-state index is -2.10. The van der Waals surface area contributed by atoms with Gasteiger partial charge in [-0.3, -0.25) is 14.6 Å². The van der Waals surface area contributed by atoms with Gasteiger partial charge in [0, 0.05) is 42.6 Å². The van der Waals surface area contributed by atoms with Crippen LogP contribution in [-0.4, -0.2) is 45.4 Å². The number of nitrogens with one attached hydrogen (secondary N) is 2. The van der Waals surface area contributed by atoms with Crippen molar-refractivity contribution < 1.29 is 14.0 Å². The van der Waals surface area contributed by atoms with E-state index in [-0.39, 0.29) is 25.4 Å². The van der Waals surface area contributed by atoms with E-state index in [4.69, 9.17) is 0 Å².